The van der Waals surface area contributed by atoms with Crippen LogP contribution in [0.3, 0.4) is 0 Å². The van der Waals surface area contributed by atoms with Gasteiger partial charge in [-0.2, -0.15) is 0 Å². The zero-order valence-electron chi connectivity index (χ0n) is 13.7. The first-order chi connectivity index (χ1) is 9.76. The summed E-state index contributed by atoms with van der Waals surface area (Å²) in [4.78, 5) is 27.6. The fourth-order valence-electron chi connectivity index (χ4n) is 2.74. The van der Waals surface area contributed by atoms with Crippen molar-refractivity contribution in [2.45, 2.75) is 52.1 Å². The third-order valence-electron chi connectivity index (χ3n) is 4.10. The number of hydrogen-bond acceptors (Lipinski definition) is 3. The van der Waals surface area contributed by atoms with E-state index in [1.807, 2.05) is 32.7 Å². The highest BCUT2D eigenvalue weighted by Crippen LogP contribution is 2.31. The van der Waals surface area contributed by atoms with Crippen molar-refractivity contribution >= 4 is 12.0 Å². The Hall–Kier alpha value is -1.26. The lowest BCUT2D eigenvalue weighted by Gasteiger charge is -2.34. The number of amides is 2. The van der Waals surface area contributed by atoms with Gasteiger partial charge in [0, 0.05) is 32.6 Å². The van der Waals surface area contributed by atoms with Gasteiger partial charge in [-0.25, -0.2) is 4.79 Å². The minimum atomic E-state index is -0.440. The molecule has 2 aliphatic rings. The molecule has 1 aliphatic carbocycles. The van der Waals surface area contributed by atoms with Crippen LogP contribution < -0.4 is 0 Å². The molecule has 0 unspecified atom stereocenters. The van der Waals surface area contributed by atoms with Gasteiger partial charge >= 0.3 is 6.09 Å². The second-order valence-electron chi connectivity index (χ2n) is 7.40. The third-order valence-corrected chi connectivity index (χ3v) is 4.10. The van der Waals surface area contributed by atoms with Gasteiger partial charge in [-0.05, 0) is 52.4 Å². The zero-order valence-corrected chi connectivity index (χ0v) is 13.7. The van der Waals surface area contributed by atoms with Crippen LogP contribution in [0.5, 0.6) is 0 Å². The second kappa shape index (κ2) is 6.24. The van der Waals surface area contributed by atoms with Gasteiger partial charge in [-0.15, -0.1) is 0 Å². The van der Waals surface area contributed by atoms with Crippen molar-refractivity contribution < 1.29 is 14.3 Å². The lowest BCUT2D eigenvalue weighted by molar-refractivity contribution is -0.132. The number of carbonyl (C=O) groups excluding carboxylic acids is 2. The average Bonchev–Trinajstić information content (AvgIpc) is 3.20. The number of ether oxygens (including phenoxy) is 1. The Morgan fingerprint density at radius 2 is 1.71 bits per heavy atom. The van der Waals surface area contributed by atoms with Gasteiger partial charge in [-0.3, -0.25) is 4.79 Å². The monoisotopic (exact) mass is 296 g/mol. The van der Waals surface area contributed by atoms with Crippen LogP contribution in [0.2, 0.25) is 0 Å². The molecular weight excluding hydrogens is 268 g/mol. The first-order valence-electron chi connectivity index (χ1n) is 7.99. The molecule has 0 radical (unpaired) electrons. The van der Waals surface area contributed by atoms with Crippen LogP contribution >= 0.6 is 0 Å². The minimum absolute atomic E-state index is 0.219. The molecule has 1 saturated carbocycles. The van der Waals surface area contributed by atoms with Crippen molar-refractivity contribution in [3.63, 3.8) is 0 Å². The molecule has 0 aromatic heterocycles. The largest absolute Gasteiger partial charge is 0.444 e. The van der Waals surface area contributed by atoms with E-state index in [1.165, 1.54) is 0 Å². The molecule has 2 amide bonds. The van der Waals surface area contributed by atoms with Gasteiger partial charge in [0.2, 0.25) is 5.91 Å². The highest BCUT2D eigenvalue weighted by atomic mass is 16.6. The fraction of sp³-hybridized carbons (Fsp3) is 0.875. The van der Waals surface area contributed by atoms with Crippen LogP contribution in [0.25, 0.3) is 0 Å². The van der Waals surface area contributed by atoms with E-state index in [0.717, 1.165) is 45.3 Å². The molecule has 0 bridgehead atoms. The van der Waals surface area contributed by atoms with Gasteiger partial charge in [0.15, 0.2) is 0 Å². The average molecular weight is 296 g/mol. The summed E-state index contributed by atoms with van der Waals surface area (Å²) in [6.45, 7) is 7.93. The Morgan fingerprint density at radius 1 is 1.14 bits per heavy atom. The molecule has 0 atom stereocenters. The van der Waals surface area contributed by atoms with Crippen LogP contribution in [-0.4, -0.2) is 54.1 Å². The molecule has 2 rings (SSSR count). The SMILES string of the molecule is CN(CC1CCN(C(=O)OC(C)(C)C)CC1)C(=O)C1CC1. The Bertz CT molecular complexity index is 391. The predicted molar refractivity (Wildman–Crippen MR) is 80.9 cm³/mol. The molecule has 1 aliphatic heterocycles. The summed E-state index contributed by atoms with van der Waals surface area (Å²) in [6.07, 6.45) is 3.78. The predicted octanol–water partition coefficient (Wildman–Crippen LogP) is 2.50. The van der Waals surface area contributed by atoms with Gasteiger partial charge in [0.25, 0.3) is 0 Å². The lowest BCUT2D eigenvalue weighted by atomic mass is 9.96. The maximum Gasteiger partial charge on any atom is 0.410 e. The van der Waals surface area contributed by atoms with E-state index in [9.17, 15) is 9.59 Å². The summed E-state index contributed by atoms with van der Waals surface area (Å²) in [7, 11) is 1.90. The van der Waals surface area contributed by atoms with Crippen molar-refractivity contribution in [1.82, 2.24) is 9.80 Å². The summed E-state index contributed by atoms with van der Waals surface area (Å²) in [5.41, 5.74) is -0.440. The van der Waals surface area contributed by atoms with Crippen LogP contribution in [0, 0.1) is 11.8 Å². The normalized spacial score (nSPS) is 20.3. The van der Waals surface area contributed by atoms with Crippen molar-refractivity contribution in [3.05, 3.63) is 0 Å². The van der Waals surface area contributed by atoms with E-state index >= 15 is 0 Å². The van der Waals surface area contributed by atoms with E-state index in [0.29, 0.717) is 11.8 Å². The molecule has 21 heavy (non-hydrogen) atoms. The number of piperidine rings is 1. The topological polar surface area (TPSA) is 49.9 Å². The summed E-state index contributed by atoms with van der Waals surface area (Å²) >= 11 is 0. The van der Waals surface area contributed by atoms with Crippen molar-refractivity contribution in [2.75, 3.05) is 26.7 Å². The third kappa shape index (κ3) is 4.90. The second-order valence-corrected chi connectivity index (χ2v) is 7.40. The highest BCUT2D eigenvalue weighted by Gasteiger charge is 2.33. The standard InChI is InChI=1S/C16H28N2O3/c1-16(2,3)21-15(20)18-9-7-12(8-10-18)11-17(4)14(19)13-5-6-13/h12-13H,5-11H2,1-4H3. The maximum absolute atomic E-state index is 12.0. The van der Waals surface area contributed by atoms with E-state index in [4.69, 9.17) is 4.74 Å². The highest BCUT2D eigenvalue weighted by molar-refractivity contribution is 5.80. The van der Waals surface area contributed by atoms with Crippen molar-refractivity contribution in [1.29, 1.82) is 0 Å². The summed E-state index contributed by atoms with van der Waals surface area (Å²) in [5, 5.41) is 0. The molecule has 0 spiro atoms. The van der Waals surface area contributed by atoms with Gasteiger partial charge < -0.3 is 14.5 Å². The number of likely N-dealkylation sites (tertiary alicyclic amines) is 1. The molecule has 2 fully saturated rings. The molecule has 5 heteroatoms. The summed E-state index contributed by atoms with van der Waals surface area (Å²) in [5.74, 6) is 1.08. The smallest absolute Gasteiger partial charge is 0.410 e. The van der Waals surface area contributed by atoms with E-state index < -0.39 is 5.60 Å². The lowest BCUT2D eigenvalue weighted by Crippen LogP contribution is -2.44. The van der Waals surface area contributed by atoms with Crippen LogP contribution in [-0.2, 0) is 9.53 Å². The molecule has 1 saturated heterocycles. The Balaban J connectivity index is 1.72. The zero-order chi connectivity index (χ0) is 15.6. The van der Waals surface area contributed by atoms with E-state index in [-0.39, 0.29) is 12.0 Å². The van der Waals surface area contributed by atoms with E-state index in [1.54, 1.807) is 4.90 Å². The van der Waals surface area contributed by atoms with Gasteiger partial charge in [0.05, 0.1) is 0 Å². The molecule has 0 N–H and O–H groups in total. The molecule has 1 heterocycles. The molecule has 0 aromatic rings. The number of hydrogen-bond donors (Lipinski definition) is 0. The van der Waals surface area contributed by atoms with Gasteiger partial charge in [-0.1, -0.05) is 0 Å². The minimum Gasteiger partial charge on any atom is -0.444 e. The van der Waals surface area contributed by atoms with E-state index in [2.05, 4.69) is 0 Å². The Kier molecular flexibility index (Phi) is 4.79. The molecule has 120 valence electrons. The van der Waals surface area contributed by atoms with Crippen LogP contribution in [0.1, 0.15) is 46.5 Å². The molecular formula is C16H28N2O3. The molecule has 0 aromatic carbocycles. The Labute approximate surface area is 127 Å². The maximum atomic E-state index is 12.0. The summed E-state index contributed by atoms with van der Waals surface area (Å²) < 4.78 is 5.39. The van der Waals surface area contributed by atoms with Crippen molar-refractivity contribution in [3.8, 4) is 0 Å². The Morgan fingerprint density at radius 3 is 2.19 bits per heavy atom. The van der Waals surface area contributed by atoms with Crippen LogP contribution in [0.15, 0.2) is 0 Å². The first-order valence-corrected chi connectivity index (χ1v) is 7.99. The van der Waals surface area contributed by atoms with Crippen molar-refractivity contribution in [2.24, 2.45) is 11.8 Å². The quantitative estimate of drug-likeness (QED) is 0.804. The first kappa shape index (κ1) is 16.1. The fourth-order valence-corrected chi connectivity index (χ4v) is 2.74. The van der Waals surface area contributed by atoms with Crippen LogP contribution in [0.4, 0.5) is 4.79 Å². The molecule has 5 nitrogen and oxygen atoms in total. The van der Waals surface area contributed by atoms with Gasteiger partial charge in [0.1, 0.15) is 5.60 Å². The number of nitrogens with zero attached hydrogens (tertiary/aromatic N) is 2. The number of rotatable bonds is 3. The number of carbonyl (C=O) groups is 2. The summed E-state index contributed by atoms with van der Waals surface area (Å²) in [6, 6.07) is 0.